The largest absolute Gasteiger partial charge is 0.489 e. The summed E-state index contributed by atoms with van der Waals surface area (Å²) in [5, 5.41) is 8.75. The third-order valence-corrected chi connectivity index (χ3v) is 2.85. The van der Waals surface area contributed by atoms with Gasteiger partial charge in [0.15, 0.2) is 0 Å². The summed E-state index contributed by atoms with van der Waals surface area (Å²) in [6, 6.07) is 13.6. The van der Waals surface area contributed by atoms with Crippen molar-refractivity contribution in [2.24, 2.45) is 0 Å². The Labute approximate surface area is 117 Å². The van der Waals surface area contributed by atoms with E-state index in [2.05, 4.69) is 0 Å². The molecule has 0 saturated carbocycles. The van der Waals surface area contributed by atoms with E-state index in [9.17, 15) is 4.39 Å². The molecule has 2 aromatic carbocycles. The molecule has 0 N–H and O–H groups in total. The SMILES string of the molecule is CC=CCOc1ccc(-c2ccc(C#N)cc2)c(F)c1. The number of nitriles is 1. The standard InChI is InChI=1S/C17H14FNO/c1-2-3-10-20-15-8-9-16(17(18)11-15)14-6-4-13(12-19)5-7-14/h2-9,11H,10H2,1H3. The van der Waals surface area contributed by atoms with Crippen molar-refractivity contribution in [3.63, 3.8) is 0 Å². The van der Waals surface area contributed by atoms with Gasteiger partial charge in [0.25, 0.3) is 0 Å². The first-order valence-corrected chi connectivity index (χ1v) is 6.28. The van der Waals surface area contributed by atoms with Gasteiger partial charge < -0.3 is 4.74 Å². The molecule has 0 aliphatic heterocycles. The van der Waals surface area contributed by atoms with Crippen LogP contribution in [0.1, 0.15) is 12.5 Å². The Balaban J connectivity index is 2.22. The number of hydrogen-bond acceptors (Lipinski definition) is 2. The highest BCUT2D eigenvalue weighted by molar-refractivity contribution is 5.65. The monoisotopic (exact) mass is 267 g/mol. The van der Waals surface area contributed by atoms with E-state index in [-0.39, 0.29) is 5.82 Å². The lowest BCUT2D eigenvalue weighted by atomic mass is 10.0. The van der Waals surface area contributed by atoms with Crippen LogP contribution in [0.25, 0.3) is 11.1 Å². The minimum Gasteiger partial charge on any atom is -0.489 e. The molecule has 0 atom stereocenters. The Hall–Kier alpha value is -2.60. The lowest BCUT2D eigenvalue weighted by molar-refractivity contribution is 0.360. The number of nitrogens with zero attached hydrogens (tertiary/aromatic N) is 1. The van der Waals surface area contributed by atoms with Crippen LogP contribution in [-0.2, 0) is 0 Å². The third-order valence-electron chi connectivity index (χ3n) is 2.85. The molecule has 0 bridgehead atoms. The zero-order chi connectivity index (χ0) is 14.4. The van der Waals surface area contributed by atoms with Gasteiger partial charge in [-0.15, -0.1) is 0 Å². The van der Waals surface area contributed by atoms with Crippen LogP contribution in [-0.4, -0.2) is 6.61 Å². The van der Waals surface area contributed by atoms with E-state index in [1.807, 2.05) is 25.1 Å². The van der Waals surface area contributed by atoms with Gasteiger partial charge >= 0.3 is 0 Å². The highest BCUT2D eigenvalue weighted by Crippen LogP contribution is 2.26. The molecular formula is C17H14FNO. The molecule has 0 aromatic heterocycles. The quantitative estimate of drug-likeness (QED) is 0.773. The van der Waals surface area contributed by atoms with E-state index in [1.54, 1.807) is 36.4 Å². The molecular weight excluding hydrogens is 253 g/mol. The predicted molar refractivity (Wildman–Crippen MR) is 76.9 cm³/mol. The molecule has 3 heteroatoms. The van der Waals surface area contributed by atoms with Gasteiger partial charge in [0, 0.05) is 11.6 Å². The fraction of sp³-hybridized carbons (Fsp3) is 0.118. The van der Waals surface area contributed by atoms with Crippen molar-refractivity contribution in [2.45, 2.75) is 6.92 Å². The maximum Gasteiger partial charge on any atom is 0.134 e. The topological polar surface area (TPSA) is 33.0 Å². The lowest BCUT2D eigenvalue weighted by Crippen LogP contribution is -1.94. The second kappa shape index (κ2) is 6.53. The first-order valence-electron chi connectivity index (χ1n) is 6.28. The lowest BCUT2D eigenvalue weighted by Gasteiger charge is -2.07. The molecule has 100 valence electrons. The molecule has 0 aliphatic rings. The van der Waals surface area contributed by atoms with E-state index < -0.39 is 0 Å². The van der Waals surface area contributed by atoms with Gasteiger partial charge in [0.05, 0.1) is 11.6 Å². The summed E-state index contributed by atoms with van der Waals surface area (Å²) in [7, 11) is 0. The molecule has 0 unspecified atom stereocenters. The molecule has 20 heavy (non-hydrogen) atoms. The Morgan fingerprint density at radius 1 is 1.20 bits per heavy atom. The molecule has 2 nitrogen and oxygen atoms in total. The van der Waals surface area contributed by atoms with Gasteiger partial charge in [-0.25, -0.2) is 4.39 Å². The molecule has 0 heterocycles. The Morgan fingerprint density at radius 3 is 2.55 bits per heavy atom. The molecule has 2 rings (SSSR count). The van der Waals surface area contributed by atoms with Crippen LogP contribution in [0.2, 0.25) is 0 Å². The number of benzene rings is 2. The van der Waals surface area contributed by atoms with Crippen LogP contribution in [0.4, 0.5) is 4.39 Å². The molecule has 0 amide bonds. The van der Waals surface area contributed by atoms with E-state index in [0.29, 0.717) is 23.5 Å². The van der Waals surface area contributed by atoms with Crippen LogP contribution in [0.15, 0.2) is 54.6 Å². The molecule has 0 saturated heterocycles. The van der Waals surface area contributed by atoms with Crippen molar-refractivity contribution in [3.05, 3.63) is 66.0 Å². The first-order chi connectivity index (χ1) is 9.74. The van der Waals surface area contributed by atoms with Crippen molar-refractivity contribution >= 4 is 0 Å². The Bertz CT molecular complexity index is 654. The fourth-order valence-electron chi connectivity index (χ4n) is 1.78. The van der Waals surface area contributed by atoms with E-state index in [0.717, 1.165) is 5.56 Å². The zero-order valence-corrected chi connectivity index (χ0v) is 11.1. The summed E-state index contributed by atoms with van der Waals surface area (Å²) >= 11 is 0. The second-order valence-electron chi connectivity index (χ2n) is 4.21. The smallest absolute Gasteiger partial charge is 0.134 e. The Kier molecular flexibility index (Phi) is 4.52. The maximum absolute atomic E-state index is 14.1. The van der Waals surface area contributed by atoms with Gasteiger partial charge in [-0.05, 0) is 36.8 Å². The van der Waals surface area contributed by atoms with Crippen LogP contribution >= 0.6 is 0 Å². The van der Waals surface area contributed by atoms with Crippen molar-refractivity contribution in [2.75, 3.05) is 6.61 Å². The summed E-state index contributed by atoms with van der Waals surface area (Å²) in [6.45, 7) is 2.32. The maximum atomic E-state index is 14.1. The van der Waals surface area contributed by atoms with Crippen molar-refractivity contribution in [1.29, 1.82) is 5.26 Å². The second-order valence-corrected chi connectivity index (χ2v) is 4.21. The van der Waals surface area contributed by atoms with Gasteiger partial charge in [-0.3, -0.25) is 0 Å². The third kappa shape index (κ3) is 3.24. The molecule has 2 aromatic rings. The number of halogens is 1. The Morgan fingerprint density at radius 2 is 1.95 bits per heavy atom. The summed E-state index contributed by atoms with van der Waals surface area (Å²) < 4.78 is 19.4. The molecule has 0 fully saturated rings. The number of rotatable bonds is 4. The minimum absolute atomic E-state index is 0.340. The summed E-state index contributed by atoms with van der Waals surface area (Å²) in [5.41, 5.74) is 1.79. The molecule has 0 spiro atoms. The van der Waals surface area contributed by atoms with Crippen molar-refractivity contribution < 1.29 is 9.13 Å². The summed E-state index contributed by atoms with van der Waals surface area (Å²) in [6.07, 6.45) is 3.73. The van der Waals surface area contributed by atoms with Crippen molar-refractivity contribution in [1.82, 2.24) is 0 Å². The average Bonchev–Trinajstić information content (AvgIpc) is 2.48. The normalized spacial score (nSPS) is 10.4. The molecule has 0 radical (unpaired) electrons. The van der Waals surface area contributed by atoms with Gasteiger partial charge in [0.1, 0.15) is 18.2 Å². The van der Waals surface area contributed by atoms with Crippen LogP contribution < -0.4 is 4.74 Å². The van der Waals surface area contributed by atoms with Gasteiger partial charge in [0.2, 0.25) is 0 Å². The fourth-order valence-corrected chi connectivity index (χ4v) is 1.78. The van der Waals surface area contributed by atoms with Crippen LogP contribution in [0.3, 0.4) is 0 Å². The average molecular weight is 267 g/mol. The van der Waals surface area contributed by atoms with E-state index in [4.69, 9.17) is 10.00 Å². The highest BCUT2D eigenvalue weighted by atomic mass is 19.1. The van der Waals surface area contributed by atoms with Crippen LogP contribution in [0, 0.1) is 17.1 Å². The predicted octanol–water partition coefficient (Wildman–Crippen LogP) is 4.32. The number of ether oxygens (including phenoxy) is 1. The first kappa shape index (κ1) is 13.8. The summed E-state index contributed by atoms with van der Waals surface area (Å²) in [4.78, 5) is 0. The highest BCUT2D eigenvalue weighted by Gasteiger charge is 2.06. The van der Waals surface area contributed by atoms with Crippen molar-refractivity contribution in [3.8, 4) is 22.9 Å². The minimum atomic E-state index is -0.340. The molecule has 0 aliphatic carbocycles. The summed E-state index contributed by atoms with van der Waals surface area (Å²) in [5.74, 6) is 0.158. The zero-order valence-electron chi connectivity index (χ0n) is 11.1. The van der Waals surface area contributed by atoms with Gasteiger partial charge in [-0.1, -0.05) is 24.3 Å². The number of allylic oxidation sites excluding steroid dienone is 1. The van der Waals surface area contributed by atoms with Gasteiger partial charge in [-0.2, -0.15) is 5.26 Å². The number of hydrogen-bond donors (Lipinski definition) is 0. The van der Waals surface area contributed by atoms with E-state index in [1.165, 1.54) is 6.07 Å². The van der Waals surface area contributed by atoms with Crippen LogP contribution in [0.5, 0.6) is 5.75 Å². The van der Waals surface area contributed by atoms with E-state index >= 15 is 0 Å².